The molecule has 0 amide bonds. The summed E-state index contributed by atoms with van der Waals surface area (Å²) in [5.41, 5.74) is 2.54. The highest BCUT2D eigenvalue weighted by Gasteiger charge is 2.34. The molecule has 0 fully saturated rings. The van der Waals surface area contributed by atoms with Gasteiger partial charge in [0, 0.05) is 36.0 Å². The maximum absolute atomic E-state index is 13.8. The molecule has 0 saturated carbocycles. The molecule has 8 nitrogen and oxygen atoms in total. The number of aromatic hydroxyl groups is 1. The number of carbonyl (C=O) groups is 1. The second-order valence-electron chi connectivity index (χ2n) is 8.46. The van der Waals surface area contributed by atoms with Crippen LogP contribution >= 0.6 is 11.3 Å². The molecule has 37 heavy (non-hydrogen) atoms. The molecule has 1 N–H and O–H groups in total. The lowest BCUT2D eigenvalue weighted by Crippen LogP contribution is -2.40. The Morgan fingerprint density at radius 1 is 1.19 bits per heavy atom. The summed E-state index contributed by atoms with van der Waals surface area (Å²) in [5, 5.41) is 10.7. The standard InChI is InChI=1S/C28H31N3O5S/c1-6-30(7-2)19-14-13-18(21(32)16-19)15-23-26(33)31-25(20-11-9-10-12-22(20)35-5)24(27(34)36-8-3)17(4)29-28(31)37-23/h9-16,25,32H,6-8H2,1-5H3/b23-15-. The van der Waals surface area contributed by atoms with E-state index in [4.69, 9.17) is 9.47 Å². The minimum absolute atomic E-state index is 0.0832. The molecule has 194 valence electrons. The van der Waals surface area contributed by atoms with Gasteiger partial charge >= 0.3 is 5.97 Å². The van der Waals surface area contributed by atoms with E-state index in [-0.39, 0.29) is 23.5 Å². The molecule has 0 saturated heterocycles. The highest BCUT2D eigenvalue weighted by Crippen LogP contribution is 2.35. The molecule has 1 unspecified atom stereocenters. The van der Waals surface area contributed by atoms with Gasteiger partial charge in [0.2, 0.25) is 0 Å². The minimum Gasteiger partial charge on any atom is -0.507 e. The first-order chi connectivity index (χ1) is 17.8. The van der Waals surface area contributed by atoms with E-state index in [1.54, 1.807) is 45.2 Å². The zero-order chi connectivity index (χ0) is 26.7. The van der Waals surface area contributed by atoms with Crippen LogP contribution in [-0.4, -0.2) is 42.4 Å². The van der Waals surface area contributed by atoms with Crippen LogP contribution in [0.5, 0.6) is 11.5 Å². The van der Waals surface area contributed by atoms with E-state index < -0.39 is 12.0 Å². The summed E-state index contributed by atoms with van der Waals surface area (Å²) in [6.07, 6.45) is 1.66. The smallest absolute Gasteiger partial charge is 0.338 e. The number of phenolic OH excluding ortho intramolecular Hbond substituents is 1. The van der Waals surface area contributed by atoms with Gasteiger partial charge in [-0.05, 0) is 52.0 Å². The fraction of sp³-hybridized carbons (Fsp3) is 0.321. The summed E-state index contributed by atoms with van der Waals surface area (Å²) in [6, 6.07) is 11.9. The van der Waals surface area contributed by atoms with Gasteiger partial charge in [0.05, 0.1) is 29.5 Å². The third-order valence-corrected chi connectivity index (χ3v) is 7.36. The topological polar surface area (TPSA) is 93.4 Å². The number of allylic oxidation sites excluding steroid dienone is 1. The largest absolute Gasteiger partial charge is 0.507 e. The number of carbonyl (C=O) groups excluding carboxylic acids is 1. The lowest BCUT2D eigenvalue weighted by molar-refractivity contribution is -0.139. The van der Waals surface area contributed by atoms with Gasteiger partial charge in [0.25, 0.3) is 5.56 Å². The Morgan fingerprint density at radius 2 is 1.92 bits per heavy atom. The highest BCUT2D eigenvalue weighted by atomic mass is 32.1. The molecule has 2 heterocycles. The summed E-state index contributed by atoms with van der Waals surface area (Å²) in [6.45, 7) is 9.42. The lowest BCUT2D eigenvalue weighted by Gasteiger charge is -2.25. The number of anilines is 1. The monoisotopic (exact) mass is 521 g/mol. The first kappa shape index (κ1) is 26.2. The zero-order valence-electron chi connectivity index (χ0n) is 21.6. The molecule has 0 aliphatic carbocycles. The SMILES string of the molecule is CCOC(=O)C1=C(C)N=c2s/c(=C\c3ccc(N(CC)CC)cc3O)c(=O)n2C1c1ccccc1OC. The van der Waals surface area contributed by atoms with Crippen molar-refractivity contribution in [2.75, 3.05) is 31.7 Å². The lowest BCUT2D eigenvalue weighted by atomic mass is 9.95. The molecule has 4 rings (SSSR count). The van der Waals surface area contributed by atoms with Gasteiger partial charge < -0.3 is 19.5 Å². The number of aromatic nitrogens is 1. The molecule has 0 radical (unpaired) electrons. The van der Waals surface area contributed by atoms with Crippen molar-refractivity contribution in [3.8, 4) is 11.5 Å². The van der Waals surface area contributed by atoms with E-state index in [9.17, 15) is 14.7 Å². The molecular weight excluding hydrogens is 490 g/mol. The maximum atomic E-state index is 13.8. The van der Waals surface area contributed by atoms with Crippen LogP contribution in [0.25, 0.3) is 6.08 Å². The van der Waals surface area contributed by atoms with Gasteiger partial charge in [0.1, 0.15) is 17.5 Å². The number of fused-ring (bicyclic) bond motifs is 1. The van der Waals surface area contributed by atoms with Crippen LogP contribution in [0.2, 0.25) is 0 Å². The normalized spacial score (nSPS) is 15.3. The average Bonchev–Trinajstić information content (AvgIpc) is 3.19. The first-order valence-corrected chi connectivity index (χ1v) is 13.1. The number of rotatable bonds is 8. The van der Waals surface area contributed by atoms with Crippen molar-refractivity contribution in [2.45, 2.75) is 33.7 Å². The van der Waals surface area contributed by atoms with Crippen LogP contribution in [0.4, 0.5) is 5.69 Å². The Kier molecular flexibility index (Phi) is 7.83. The molecule has 1 aliphatic heterocycles. The quantitative estimate of drug-likeness (QED) is 0.457. The van der Waals surface area contributed by atoms with Crippen molar-refractivity contribution in [3.63, 3.8) is 0 Å². The van der Waals surface area contributed by atoms with Crippen molar-refractivity contribution >= 4 is 29.1 Å². The van der Waals surface area contributed by atoms with Crippen molar-refractivity contribution < 1.29 is 19.4 Å². The number of esters is 1. The van der Waals surface area contributed by atoms with Gasteiger partial charge in [-0.25, -0.2) is 9.79 Å². The van der Waals surface area contributed by atoms with Gasteiger partial charge in [0.15, 0.2) is 4.80 Å². The van der Waals surface area contributed by atoms with Crippen LogP contribution in [0, 0.1) is 0 Å². The zero-order valence-corrected chi connectivity index (χ0v) is 22.5. The fourth-order valence-electron chi connectivity index (χ4n) is 4.56. The second kappa shape index (κ2) is 11.0. The van der Waals surface area contributed by atoms with E-state index in [2.05, 4.69) is 23.7 Å². The Hall–Kier alpha value is -3.85. The van der Waals surface area contributed by atoms with Crippen LogP contribution in [0.15, 0.2) is 63.5 Å². The summed E-state index contributed by atoms with van der Waals surface area (Å²) in [4.78, 5) is 34.0. The predicted molar refractivity (Wildman–Crippen MR) is 145 cm³/mol. The molecule has 9 heteroatoms. The van der Waals surface area contributed by atoms with Crippen molar-refractivity contribution in [3.05, 3.63) is 84.5 Å². The van der Waals surface area contributed by atoms with Crippen LogP contribution in [0.3, 0.4) is 0 Å². The molecular formula is C28H31N3O5S. The van der Waals surface area contributed by atoms with E-state index >= 15 is 0 Å². The summed E-state index contributed by atoms with van der Waals surface area (Å²) < 4.78 is 12.8. The number of nitrogens with zero attached hydrogens (tertiary/aromatic N) is 3. The molecule has 1 aromatic heterocycles. The molecule has 1 aliphatic rings. The Balaban J connectivity index is 1.92. The predicted octanol–water partition coefficient (Wildman–Crippen LogP) is 3.36. The number of para-hydroxylation sites is 1. The number of ether oxygens (including phenoxy) is 2. The Bertz CT molecular complexity index is 1530. The van der Waals surface area contributed by atoms with Crippen LogP contribution in [0.1, 0.15) is 44.9 Å². The number of hydrogen-bond donors (Lipinski definition) is 1. The average molecular weight is 522 g/mol. The maximum Gasteiger partial charge on any atom is 0.338 e. The van der Waals surface area contributed by atoms with E-state index in [0.717, 1.165) is 18.8 Å². The third kappa shape index (κ3) is 4.91. The van der Waals surface area contributed by atoms with E-state index in [1.807, 2.05) is 24.3 Å². The number of thiazole rings is 1. The number of hydrogen-bond acceptors (Lipinski definition) is 8. The second-order valence-corrected chi connectivity index (χ2v) is 9.47. The Labute approximate surface area is 219 Å². The van der Waals surface area contributed by atoms with Gasteiger partial charge in [-0.15, -0.1) is 0 Å². The molecule has 1 atom stereocenters. The molecule has 2 aromatic carbocycles. The van der Waals surface area contributed by atoms with Gasteiger partial charge in [-0.1, -0.05) is 29.5 Å². The summed E-state index contributed by atoms with van der Waals surface area (Å²) in [5.74, 6) is 0.0988. The Morgan fingerprint density at radius 3 is 2.57 bits per heavy atom. The van der Waals surface area contributed by atoms with Gasteiger partial charge in [-0.3, -0.25) is 9.36 Å². The first-order valence-electron chi connectivity index (χ1n) is 12.2. The number of phenols is 1. The van der Waals surface area contributed by atoms with Crippen LogP contribution in [-0.2, 0) is 9.53 Å². The van der Waals surface area contributed by atoms with Gasteiger partial charge in [-0.2, -0.15) is 0 Å². The van der Waals surface area contributed by atoms with Crippen molar-refractivity contribution in [1.29, 1.82) is 0 Å². The third-order valence-electron chi connectivity index (χ3n) is 6.38. The summed E-state index contributed by atoms with van der Waals surface area (Å²) >= 11 is 1.21. The minimum atomic E-state index is -0.771. The number of methoxy groups -OCH3 is 1. The molecule has 0 spiro atoms. The fourth-order valence-corrected chi connectivity index (χ4v) is 5.60. The van der Waals surface area contributed by atoms with E-state index in [0.29, 0.717) is 31.9 Å². The summed E-state index contributed by atoms with van der Waals surface area (Å²) in [7, 11) is 1.55. The van der Waals surface area contributed by atoms with E-state index in [1.165, 1.54) is 15.9 Å². The molecule has 3 aromatic rings. The highest BCUT2D eigenvalue weighted by molar-refractivity contribution is 7.07. The van der Waals surface area contributed by atoms with Crippen LogP contribution < -0.4 is 24.5 Å². The number of benzene rings is 2. The van der Waals surface area contributed by atoms with Crippen molar-refractivity contribution in [2.24, 2.45) is 4.99 Å². The van der Waals surface area contributed by atoms with Crippen molar-refractivity contribution in [1.82, 2.24) is 4.57 Å². The molecule has 0 bridgehead atoms.